The van der Waals surface area contributed by atoms with E-state index in [0.717, 1.165) is 37.3 Å². The molecule has 0 bridgehead atoms. The first-order valence-electron chi connectivity index (χ1n) is 13.2. The van der Waals surface area contributed by atoms with Crippen LogP contribution in [0.2, 0.25) is 0 Å². The first-order chi connectivity index (χ1) is 17.0. The number of halogens is 1. The third kappa shape index (κ3) is 6.78. The maximum atomic E-state index is 14.3. The number of hydrogen-bond acceptors (Lipinski definition) is 5. The number of rotatable bonds is 6. The Hall–Kier alpha value is -2.61. The van der Waals surface area contributed by atoms with E-state index in [0.29, 0.717) is 5.92 Å². The Morgan fingerprint density at radius 2 is 1.86 bits per heavy atom. The minimum absolute atomic E-state index is 0.0193. The summed E-state index contributed by atoms with van der Waals surface area (Å²) in [5.74, 6) is 0.283. The second-order valence-electron chi connectivity index (χ2n) is 11.5. The van der Waals surface area contributed by atoms with Crippen LogP contribution in [-0.2, 0) is 9.53 Å². The average Bonchev–Trinajstić information content (AvgIpc) is 3.55. The highest BCUT2D eigenvalue weighted by molar-refractivity contribution is 5.87. The molecule has 0 spiro atoms. The monoisotopic (exact) mass is 500 g/mol. The van der Waals surface area contributed by atoms with E-state index in [1.54, 1.807) is 20.8 Å². The Kier molecular flexibility index (Phi) is 7.93. The Morgan fingerprint density at radius 3 is 2.50 bits per heavy atom. The van der Waals surface area contributed by atoms with Crippen LogP contribution in [-0.4, -0.2) is 79.4 Å². The first kappa shape index (κ1) is 26.5. The van der Waals surface area contributed by atoms with Gasteiger partial charge in [0.05, 0.1) is 12.6 Å². The molecule has 2 saturated heterocycles. The molecule has 7 nitrogen and oxygen atoms in total. The van der Waals surface area contributed by atoms with Crippen molar-refractivity contribution in [3.8, 4) is 0 Å². The van der Waals surface area contributed by atoms with Gasteiger partial charge < -0.3 is 19.9 Å². The molecule has 3 atom stereocenters. The maximum absolute atomic E-state index is 14.3. The van der Waals surface area contributed by atoms with Crippen molar-refractivity contribution in [2.24, 2.45) is 5.92 Å². The highest BCUT2D eigenvalue weighted by atomic mass is 19.1. The van der Waals surface area contributed by atoms with Crippen molar-refractivity contribution >= 4 is 23.8 Å². The number of alkyl halides is 1. The molecule has 2 aliphatic heterocycles. The third-order valence-electron chi connectivity index (χ3n) is 7.11. The number of benzene rings is 1. The number of hydrogen-bond donors (Lipinski definition) is 1. The van der Waals surface area contributed by atoms with Crippen LogP contribution in [0.4, 0.5) is 14.9 Å². The second kappa shape index (κ2) is 10.8. The number of likely N-dealkylation sites (tertiary alicyclic amines) is 1. The molecule has 3 fully saturated rings. The zero-order valence-corrected chi connectivity index (χ0v) is 22.3. The van der Waals surface area contributed by atoms with E-state index in [1.807, 2.05) is 6.92 Å². The van der Waals surface area contributed by atoms with Crippen molar-refractivity contribution in [2.45, 2.75) is 70.8 Å². The van der Waals surface area contributed by atoms with Gasteiger partial charge in [-0.25, -0.2) is 9.18 Å². The SMILES string of the molecule is C[C@H](NC(=O)C1C[C@@H](F)CN1C(=O)OC(C)(C)C)c1ccc(N2CCN(C)CC2)cc1/C=C/C1CC1. The van der Waals surface area contributed by atoms with Gasteiger partial charge in [0.2, 0.25) is 5.91 Å². The van der Waals surface area contributed by atoms with Crippen molar-refractivity contribution < 1.29 is 18.7 Å². The lowest BCUT2D eigenvalue weighted by atomic mass is 9.98. The van der Waals surface area contributed by atoms with Crippen molar-refractivity contribution in [3.05, 3.63) is 35.4 Å². The lowest BCUT2D eigenvalue weighted by Gasteiger charge is -2.34. The molecular formula is C28H41FN4O3. The van der Waals surface area contributed by atoms with Gasteiger partial charge in [0.1, 0.15) is 17.8 Å². The number of piperazine rings is 1. The quantitative estimate of drug-likeness (QED) is 0.628. The lowest BCUT2D eigenvalue weighted by molar-refractivity contribution is -0.126. The fourth-order valence-electron chi connectivity index (χ4n) is 4.83. The highest BCUT2D eigenvalue weighted by Crippen LogP contribution is 2.33. The summed E-state index contributed by atoms with van der Waals surface area (Å²) >= 11 is 0. The Labute approximate surface area is 214 Å². The molecule has 3 aliphatic rings. The molecule has 2 amide bonds. The lowest BCUT2D eigenvalue weighted by Crippen LogP contribution is -2.48. The van der Waals surface area contributed by atoms with Crippen molar-refractivity contribution in [1.82, 2.24) is 15.1 Å². The number of anilines is 1. The minimum atomic E-state index is -1.25. The number of likely N-dealkylation sites (N-methyl/N-ethyl adjacent to an activating group) is 1. The van der Waals surface area contributed by atoms with E-state index < -0.39 is 23.9 Å². The number of ether oxygens (including phenoxy) is 1. The summed E-state index contributed by atoms with van der Waals surface area (Å²) in [5.41, 5.74) is 2.57. The van der Waals surface area contributed by atoms with E-state index in [2.05, 4.69) is 52.5 Å². The smallest absolute Gasteiger partial charge is 0.411 e. The summed E-state index contributed by atoms with van der Waals surface area (Å²) in [6.07, 6.45) is 4.97. The van der Waals surface area contributed by atoms with Gasteiger partial charge in [0.25, 0.3) is 0 Å². The molecule has 1 saturated carbocycles. The largest absolute Gasteiger partial charge is 0.444 e. The van der Waals surface area contributed by atoms with Crippen LogP contribution in [0.25, 0.3) is 6.08 Å². The van der Waals surface area contributed by atoms with Gasteiger partial charge in [-0.1, -0.05) is 18.2 Å². The maximum Gasteiger partial charge on any atom is 0.411 e. The van der Waals surface area contributed by atoms with Gasteiger partial charge in [-0.05, 0) is 76.8 Å². The molecule has 1 unspecified atom stereocenters. The molecule has 1 aromatic carbocycles. The fourth-order valence-corrected chi connectivity index (χ4v) is 4.83. The number of carbonyl (C=O) groups excluding carboxylic acids is 2. The molecule has 1 aliphatic carbocycles. The normalized spacial score (nSPS) is 24.3. The van der Waals surface area contributed by atoms with Gasteiger partial charge in [0.15, 0.2) is 0 Å². The molecule has 1 aromatic rings. The van der Waals surface area contributed by atoms with Crippen LogP contribution in [0.5, 0.6) is 0 Å². The third-order valence-corrected chi connectivity index (χ3v) is 7.11. The van der Waals surface area contributed by atoms with Gasteiger partial charge >= 0.3 is 6.09 Å². The van der Waals surface area contributed by atoms with Crippen LogP contribution < -0.4 is 10.2 Å². The molecular weight excluding hydrogens is 459 g/mol. The summed E-state index contributed by atoms with van der Waals surface area (Å²) in [6, 6.07) is 5.24. The van der Waals surface area contributed by atoms with Crippen LogP contribution in [0.15, 0.2) is 24.3 Å². The van der Waals surface area contributed by atoms with E-state index >= 15 is 0 Å². The number of amides is 2. The van der Waals surface area contributed by atoms with Crippen LogP contribution in [0, 0.1) is 5.92 Å². The van der Waals surface area contributed by atoms with E-state index in [1.165, 1.54) is 23.4 Å². The summed E-state index contributed by atoms with van der Waals surface area (Å²) in [7, 11) is 2.15. The Bertz CT molecular complexity index is 979. The van der Waals surface area contributed by atoms with Gasteiger partial charge in [0, 0.05) is 38.3 Å². The first-order valence-corrected chi connectivity index (χ1v) is 13.2. The summed E-state index contributed by atoms with van der Waals surface area (Å²) in [6.45, 7) is 11.1. The zero-order valence-electron chi connectivity index (χ0n) is 22.3. The molecule has 0 radical (unpaired) electrons. The topological polar surface area (TPSA) is 65.1 Å². The van der Waals surface area contributed by atoms with Crippen molar-refractivity contribution in [2.75, 3.05) is 44.7 Å². The molecule has 0 aromatic heterocycles. The highest BCUT2D eigenvalue weighted by Gasteiger charge is 2.42. The molecule has 4 rings (SSSR count). The predicted octanol–water partition coefficient (Wildman–Crippen LogP) is 4.39. The molecule has 36 heavy (non-hydrogen) atoms. The van der Waals surface area contributed by atoms with Crippen molar-refractivity contribution in [1.29, 1.82) is 0 Å². The predicted molar refractivity (Wildman–Crippen MR) is 141 cm³/mol. The molecule has 8 heteroatoms. The van der Waals surface area contributed by atoms with Crippen LogP contribution >= 0.6 is 0 Å². The number of nitrogens with one attached hydrogen (secondary N) is 1. The summed E-state index contributed by atoms with van der Waals surface area (Å²) < 4.78 is 19.7. The van der Waals surface area contributed by atoms with E-state index in [4.69, 9.17) is 4.74 Å². The Balaban J connectivity index is 1.49. The van der Waals surface area contributed by atoms with Crippen molar-refractivity contribution in [3.63, 3.8) is 0 Å². The van der Waals surface area contributed by atoms with E-state index in [9.17, 15) is 14.0 Å². The molecule has 198 valence electrons. The molecule has 1 N–H and O–H groups in total. The van der Waals surface area contributed by atoms with Crippen LogP contribution in [0.3, 0.4) is 0 Å². The second-order valence-corrected chi connectivity index (χ2v) is 11.5. The van der Waals surface area contributed by atoms with E-state index in [-0.39, 0.29) is 24.9 Å². The summed E-state index contributed by atoms with van der Waals surface area (Å²) in [5, 5.41) is 3.05. The average molecular weight is 501 g/mol. The number of allylic oxidation sites excluding steroid dienone is 1. The number of nitrogens with zero attached hydrogens (tertiary/aromatic N) is 3. The summed E-state index contributed by atoms with van der Waals surface area (Å²) in [4.78, 5) is 31.8. The Morgan fingerprint density at radius 1 is 1.17 bits per heavy atom. The fraction of sp³-hybridized carbons (Fsp3) is 0.643. The minimum Gasteiger partial charge on any atom is -0.444 e. The molecule has 2 heterocycles. The number of carbonyl (C=O) groups is 2. The van der Waals surface area contributed by atoms with Gasteiger partial charge in [-0.3, -0.25) is 9.69 Å². The van der Waals surface area contributed by atoms with Gasteiger partial charge in [-0.15, -0.1) is 0 Å². The van der Waals surface area contributed by atoms with Gasteiger partial charge in [-0.2, -0.15) is 0 Å². The van der Waals surface area contributed by atoms with Crippen LogP contribution in [0.1, 0.15) is 64.1 Å². The zero-order chi connectivity index (χ0) is 26.0. The standard InChI is InChI=1S/C28H41FN4O3/c1-19(30-26(34)25-17-22(29)18-33(25)27(35)36-28(2,3)4)24-11-10-23(32-14-12-31(5)13-15-32)16-21(24)9-8-20-6-7-20/h8-11,16,19-20,22,25H,6-7,12-15,17-18H2,1-5H3,(H,30,34)/b9-8+/t19-,22+,25?/m0/s1.